The average molecular weight is 413 g/mol. The third-order valence-electron chi connectivity index (χ3n) is 4.84. The molecule has 0 aliphatic rings. The van der Waals surface area contributed by atoms with Crippen LogP contribution in [0.5, 0.6) is 0 Å². The van der Waals surface area contributed by atoms with E-state index in [2.05, 4.69) is 27.0 Å². The Balaban J connectivity index is 1.75. The number of aromatic nitrogens is 3. The first-order valence-corrected chi connectivity index (χ1v) is 11.5. The van der Waals surface area contributed by atoms with Gasteiger partial charge < -0.3 is 4.57 Å². The molecule has 3 rings (SSSR count). The van der Waals surface area contributed by atoms with Crippen LogP contribution in [-0.2, 0) is 35.9 Å². The summed E-state index contributed by atoms with van der Waals surface area (Å²) in [5.74, 6) is 0.0475. The Labute approximate surface area is 173 Å². The minimum Gasteiger partial charge on any atom is -0.318 e. The quantitative estimate of drug-likeness (QED) is 0.511. The van der Waals surface area contributed by atoms with Gasteiger partial charge in [0.15, 0.2) is 0 Å². The highest BCUT2D eigenvalue weighted by molar-refractivity contribution is 7.91. The molecule has 0 radical (unpaired) electrons. The molecule has 2 heterocycles. The van der Waals surface area contributed by atoms with Gasteiger partial charge in [-0.15, -0.1) is 0 Å². The topological polar surface area (TPSA) is 68.1 Å². The van der Waals surface area contributed by atoms with Crippen molar-refractivity contribution in [3.8, 4) is 0 Å². The van der Waals surface area contributed by atoms with Crippen molar-refractivity contribution in [2.24, 2.45) is 0 Å². The van der Waals surface area contributed by atoms with Crippen LogP contribution in [0.25, 0.3) is 0 Å². The first kappa shape index (κ1) is 21.2. The van der Waals surface area contributed by atoms with Crippen LogP contribution < -0.4 is 0 Å². The number of rotatable bonds is 10. The van der Waals surface area contributed by atoms with E-state index in [1.54, 1.807) is 19.3 Å². The molecule has 3 aromatic rings. The molecule has 0 spiro atoms. The molecule has 0 unspecified atom stereocenters. The Morgan fingerprint density at radius 2 is 1.76 bits per heavy atom. The minimum atomic E-state index is -3.38. The van der Waals surface area contributed by atoms with Crippen LogP contribution in [0.3, 0.4) is 0 Å². The summed E-state index contributed by atoms with van der Waals surface area (Å²) in [5, 5.41) is 0.175. The maximum absolute atomic E-state index is 12.5. The van der Waals surface area contributed by atoms with Gasteiger partial charge in [0.1, 0.15) is 0 Å². The maximum Gasteiger partial charge on any atom is 0.227 e. The minimum absolute atomic E-state index is 0.0475. The van der Waals surface area contributed by atoms with Crippen molar-refractivity contribution in [3.05, 3.63) is 77.9 Å². The molecule has 0 amide bonds. The van der Waals surface area contributed by atoms with Crippen molar-refractivity contribution in [3.63, 3.8) is 0 Å². The first-order chi connectivity index (χ1) is 14.0. The number of sulfone groups is 1. The van der Waals surface area contributed by atoms with E-state index in [4.69, 9.17) is 0 Å². The third-order valence-corrected chi connectivity index (χ3v) is 6.48. The van der Waals surface area contributed by atoms with Gasteiger partial charge in [0.25, 0.3) is 0 Å². The Bertz CT molecular complexity index is 1000. The molecule has 29 heavy (non-hydrogen) atoms. The summed E-state index contributed by atoms with van der Waals surface area (Å²) < 4.78 is 26.9. The Morgan fingerprint density at radius 3 is 2.45 bits per heavy atom. The van der Waals surface area contributed by atoms with Gasteiger partial charge in [0.2, 0.25) is 15.0 Å². The predicted molar refractivity (Wildman–Crippen MR) is 114 cm³/mol. The van der Waals surface area contributed by atoms with Crippen LogP contribution in [0.2, 0.25) is 0 Å². The Kier molecular flexibility index (Phi) is 7.17. The predicted octanol–water partition coefficient (Wildman–Crippen LogP) is 3.34. The van der Waals surface area contributed by atoms with E-state index in [1.165, 1.54) is 5.56 Å². The van der Waals surface area contributed by atoms with Crippen LogP contribution >= 0.6 is 0 Å². The average Bonchev–Trinajstić information content (AvgIpc) is 3.12. The molecule has 0 fully saturated rings. The molecule has 0 saturated heterocycles. The SMILES string of the molecule is CCS(=O)(=O)c1ncc(CN(C)Cc2ccccn2)n1CCCc1ccccc1. The molecular formula is C22H28N4O2S. The van der Waals surface area contributed by atoms with Gasteiger partial charge in [-0.25, -0.2) is 13.4 Å². The van der Waals surface area contributed by atoms with Crippen molar-refractivity contribution >= 4 is 9.84 Å². The fraction of sp³-hybridized carbons (Fsp3) is 0.364. The molecule has 6 nitrogen and oxygen atoms in total. The summed E-state index contributed by atoms with van der Waals surface area (Å²) >= 11 is 0. The van der Waals surface area contributed by atoms with Crippen LogP contribution in [0.15, 0.2) is 66.1 Å². The van der Waals surface area contributed by atoms with E-state index in [-0.39, 0.29) is 10.9 Å². The Hall–Kier alpha value is -2.51. The van der Waals surface area contributed by atoms with Crippen molar-refractivity contribution < 1.29 is 8.42 Å². The van der Waals surface area contributed by atoms with Gasteiger partial charge in [0, 0.05) is 25.8 Å². The van der Waals surface area contributed by atoms with Gasteiger partial charge >= 0.3 is 0 Å². The van der Waals surface area contributed by atoms with Gasteiger partial charge in [-0.1, -0.05) is 43.3 Å². The summed E-state index contributed by atoms with van der Waals surface area (Å²) in [5.41, 5.74) is 3.14. The molecule has 7 heteroatoms. The largest absolute Gasteiger partial charge is 0.318 e. The second kappa shape index (κ2) is 9.80. The van der Waals surface area contributed by atoms with E-state index in [0.29, 0.717) is 19.6 Å². The summed E-state index contributed by atoms with van der Waals surface area (Å²) in [4.78, 5) is 10.8. The summed E-state index contributed by atoms with van der Waals surface area (Å²) in [6.07, 6.45) is 5.22. The molecule has 154 valence electrons. The number of aryl methyl sites for hydroxylation is 1. The molecule has 0 atom stereocenters. The van der Waals surface area contributed by atoms with Gasteiger partial charge in [0.05, 0.1) is 23.3 Å². The van der Waals surface area contributed by atoms with Crippen LogP contribution in [0.4, 0.5) is 0 Å². The second-order valence-electron chi connectivity index (χ2n) is 7.17. The number of imidazole rings is 1. The van der Waals surface area contributed by atoms with Crippen molar-refractivity contribution in [1.82, 2.24) is 19.4 Å². The lowest BCUT2D eigenvalue weighted by atomic mass is 10.1. The molecule has 0 N–H and O–H groups in total. The number of hydrogen-bond acceptors (Lipinski definition) is 5. The lowest BCUT2D eigenvalue weighted by Crippen LogP contribution is -2.22. The molecule has 1 aromatic carbocycles. The van der Waals surface area contributed by atoms with Crippen LogP contribution in [0, 0.1) is 0 Å². The van der Waals surface area contributed by atoms with E-state index in [1.807, 2.05) is 48.0 Å². The summed E-state index contributed by atoms with van der Waals surface area (Å²) in [7, 11) is -1.37. The summed E-state index contributed by atoms with van der Waals surface area (Å²) in [6, 6.07) is 16.1. The van der Waals surface area contributed by atoms with E-state index in [9.17, 15) is 8.42 Å². The first-order valence-electron chi connectivity index (χ1n) is 9.89. The molecule has 0 aliphatic carbocycles. The fourth-order valence-electron chi connectivity index (χ4n) is 3.32. The normalized spacial score (nSPS) is 11.8. The van der Waals surface area contributed by atoms with E-state index < -0.39 is 9.84 Å². The smallest absolute Gasteiger partial charge is 0.227 e. The van der Waals surface area contributed by atoms with Crippen molar-refractivity contribution in [1.29, 1.82) is 0 Å². The van der Waals surface area contributed by atoms with E-state index in [0.717, 1.165) is 24.2 Å². The van der Waals surface area contributed by atoms with Crippen molar-refractivity contribution in [2.75, 3.05) is 12.8 Å². The fourth-order valence-corrected chi connectivity index (χ4v) is 4.34. The van der Waals surface area contributed by atoms with Crippen molar-refractivity contribution in [2.45, 2.75) is 44.6 Å². The Morgan fingerprint density at radius 1 is 1.00 bits per heavy atom. The second-order valence-corrected chi connectivity index (χ2v) is 9.34. The number of pyridine rings is 1. The zero-order valence-corrected chi connectivity index (χ0v) is 17.8. The molecular weight excluding hydrogens is 384 g/mol. The van der Waals surface area contributed by atoms with Gasteiger partial charge in [-0.3, -0.25) is 9.88 Å². The van der Waals surface area contributed by atoms with E-state index >= 15 is 0 Å². The highest BCUT2D eigenvalue weighted by Gasteiger charge is 2.22. The molecule has 0 bridgehead atoms. The molecule has 0 saturated carbocycles. The zero-order valence-electron chi connectivity index (χ0n) is 17.0. The highest BCUT2D eigenvalue weighted by Crippen LogP contribution is 2.17. The lowest BCUT2D eigenvalue weighted by molar-refractivity contribution is 0.303. The monoisotopic (exact) mass is 412 g/mol. The number of benzene rings is 1. The standard InChI is InChI=1S/C22H28N4O2S/c1-3-29(27,28)22-24-16-21(18-25(2)17-20-13-7-8-14-23-20)26(22)15-9-12-19-10-5-4-6-11-19/h4-8,10-11,13-14,16H,3,9,12,15,17-18H2,1-2H3. The van der Waals surface area contributed by atoms with Gasteiger partial charge in [-0.05, 0) is 37.6 Å². The van der Waals surface area contributed by atoms with Crippen LogP contribution in [-0.4, -0.2) is 40.7 Å². The maximum atomic E-state index is 12.5. The zero-order chi connectivity index (χ0) is 20.7. The highest BCUT2D eigenvalue weighted by atomic mass is 32.2. The van der Waals surface area contributed by atoms with Crippen LogP contribution in [0.1, 0.15) is 30.3 Å². The molecule has 2 aromatic heterocycles. The lowest BCUT2D eigenvalue weighted by Gasteiger charge is -2.18. The molecule has 0 aliphatic heterocycles. The summed E-state index contributed by atoms with van der Waals surface area (Å²) in [6.45, 7) is 3.57. The number of hydrogen-bond donors (Lipinski definition) is 0. The van der Waals surface area contributed by atoms with Gasteiger partial charge in [-0.2, -0.15) is 0 Å². The third kappa shape index (κ3) is 5.74. The number of nitrogens with zero attached hydrogens (tertiary/aromatic N) is 4.